The average Bonchev–Trinajstić information content (AvgIpc) is 2.89. The first kappa shape index (κ1) is 21.6. The second-order valence-corrected chi connectivity index (χ2v) is 9.35. The Kier molecular flexibility index (Phi) is 5.64. The van der Waals surface area contributed by atoms with Crippen LogP contribution in [0, 0.1) is 19.3 Å². The van der Waals surface area contributed by atoms with E-state index >= 15 is 0 Å². The zero-order chi connectivity index (χ0) is 21.6. The van der Waals surface area contributed by atoms with Crippen LogP contribution in [0.4, 0.5) is 0 Å². The van der Waals surface area contributed by atoms with Crippen molar-refractivity contribution in [2.45, 2.75) is 65.5 Å². The van der Waals surface area contributed by atoms with Crippen molar-refractivity contribution in [3.05, 3.63) is 23.0 Å². The van der Waals surface area contributed by atoms with E-state index in [0.29, 0.717) is 26.1 Å². The minimum atomic E-state index is -0.557. The summed E-state index contributed by atoms with van der Waals surface area (Å²) >= 11 is 0. The molecular weight excluding hydrogens is 368 g/mol. The Morgan fingerprint density at radius 2 is 1.83 bits per heavy atom. The summed E-state index contributed by atoms with van der Waals surface area (Å²) in [5.74, 6) is -0.000565. The van der Waals surface area contributed by atoms with Gasteiger partial charge in [-0.1, -0.05) is 0 Å². The van der Waals surface area contributed by atoms with Crippen LogP contribution in [-0.4, -0.2) is 67.8 Å². The fourth-order valence-corrected chi connectivity index (χ4v) is 4.82. The molecule has 1 N–H and O–H groups in total. The van der Waals surface area contributed by atoms with Crippen LogP contribution in [0.1, 0.15) is 57.0 Å². The van der Waals surface area contributed by atoms with Crippen LogP contribution >= 0.6 is 0 Å². The summed E-state index contributed by atoms with van der Waals surface area (Å²) in [5, 5.41) is 15.1. The van der Waals surface area contributed by atoms with Crippen LogP contribution < -0.4 is 0 Å². The molecule has 2 amide bonds. The molecule has 29 heavy (non-hydrogen) atoms. The van der Waals surface area contributed by atoms with Gasteiger partial charge in [-0.2, -0.15) is 5.10 Å². The first-order valence-corrected chi connectivity index (χ1v) is 10.4. The van der Waals surface area contributed by atoms with Crippen molar-refractivity contribution in [2.24, 2.45) is 12.5 Å². The number of hydrogen-bond acceptors (Lipinski definition) is 4. The van der Waals surface area contributed by atoms with E-state index in [2.05, 4.69) is 5.10 Å². The highest BCUT2D eigenvalue weighted by Crippen LogP contribution is 2.45. The topological polar surface area (TPSA) is 78.7 Å². The number of carbonyl (C=O) groups excluding carboxylic acids is 2. The Hall–Kier alpha value is -2.15. The van der Waals surface area contributed by atoms with Crippen LogP contribution in [0.25, 0.3) is 6.08 Å². The van der Waals surface area contributed by atoms with Gasteiger partial charge in [0.15, 0.2) is 0 Å². The van der Waals surface area contributed by atoms with Gasteiger partial charge < -0.3 is 14.9 Å². The van der Waals surface area contributed by atoms with E-state index in [-0.39, 0.29) is 17.2 Å². The molecule has 0 radical (unpaired) electrons. The molecule has 0 unspecified atom stereocenters. The van der Waals surface area contributed by atoms with Gasteiger partial charge in [0.2, 0.25) is 11.8 Å². The third-order valence-corrected chi connectivity index (χ3v) is 7.10. The summed E-state index contributed by atoms with van der Waals surface area (Å²) in [5.41, 5.74) is 2.27. The van der Waals surface area contributed by atoms with E-state index < -0.39 is 11.6 Å². The number of piperidine rings is 2. The maximum absolute atomic E-state index is 12.7. The molecule has 3 rings (SSSR count). The maximum Gasteiger partial charge on any atom is 0.246 e. The Morgan fingerprint density at radius 3 is 2.34 bits per heavy atom. The fourth-order valence-electron chi connectivity index (χ4n) is 4.82. The van der Waals surface area contributed by atoms with Crippen molar-refractivity contribution >= 4 is 17.9 Å². The summed E-state index contributed by atoms with van der Waals surface area (Å²) in [6.07, 6.45) is 5.21. The third-order valence-electron chi connectivity index (χ3n) is 7.10. The molecule has 2 aliphatic heterocycles. The number of hydrogen-bond donors (Lipinski definition) is 1. The van der Waals surface area contributed by atoms with Gasteiger partial charge in [0.1, 0.15) is 0 Å². The van der Waals surface area contributed by atoms with E-state index in [1.54, 1.807) is 13.0 Å². The summed E-state index contributed by atoms with van der Waals surface area (Å²) in [6, 6.07) is 0. The average molecular weight is 403 g/mol. The standard InChI is InChI=1S/C22H34N4O3/c1-15-18(16(2)24(6)23-15)7-8-20(29)25-11-9-22(10-12-25)13-19(28)21(4,5)26(14-22)17(3)27/h7-8,19,28H,9-14H2,1-6H3/b8-7+/t19-/m1/s1. The SMILES string of the molecule is CC(=O)N1CC2(CCN(C(=O)/C=C/c3c(C)nn(C)c3C)CC2)C[C@@H](O)C1(C)C. The van der Waals surface area contributed by atoms with Crippen molar-refractivity contribution in [3.8, 4) is 0 Å². The minimum Gasteiger partial charge on any atom is -0.391 e. The van der Waals surface area contributed by atoms with E-state index in [0.717, 1.165) is 29.8 Å². The quantitative estimate of drug-likeness (QED) is 0.768. The highest BCUT2D eigenvalue weighted by atomic mass is 16.3. The molecule has 0 bridgehead atoms. The van der Waals surface area contributed by atoms with Crippen LogP contribution in [0.3, 0.4) is 0 Å². The van der Waals surface area contributed by atoms with Crippen molar-refractivity contribution < 1.29 is 14.7 Å². The van der Waals surface area contributed by atoms with Gasteiger partial charge in [0.05, 0.1) is 17.3 Å². The molecule has 0 aromatic carbocycles. The second kappa shape index (κ2) is 7.59. The van der Waals surface area contributed by atoms with Gasteiger partial charge in [0.25, 0.3) is 0 Å². The first-order chi connectivity index (χ1) is 13.5. The Balaban J connectivity index is 1.66. The van der Waals surface area contributed by atoms with Crippen molar-refractivity contribution in [3.63, 3.8) is 0 Å². The monoisotopic (exact) mass is 402 g/mol. The maximum atomic E-state index is 12.7. The molecule has 7 heteroatoms. The van der Waals surface area contributed by atoms with Gasteiger partial charge in [-0.3, -0.25) is 14.3 Å². The highest BCUT2D eigenvalue weighted by molar-refractivity contribution is 5.92. The predicted octanol–water partition coefficient (Wildman–Crippen LogP) is 2.05. The number of aliphatic hydroxyl groups excluding tert-OH is 1. The second-order valence-electron chi connectivity index (χ2n) is 9.35. The molecule has 0 saturated carbocycles. The van der Waals surface area contributed by atoms with Gasteiger partial charge in [-0.25, -0.2) is 0 Å². The number of rotatable bonds is 2. The van der Waals surface area contributed by atoms with Crippen molar-refractivity contribution in [1.82, 2.24) is 19.6 Å². The van der Waals surface area contributed by atoms with Crippen molar-refractivity contribution in [2.75, 3.05) is 19.6 Å². The highest BCUT2D eigenvalue weighted by Gasteiger charge is 2.50. The summed E-state index contributed by atoms with van der Waals surface area (Å²) in [7, 11) is 1.90. The smallest absolute Gasteiger partial charge is 0.246 e. The number of aryl methyl sites for hydroxylation is 2. The zero-order valence-corrected chi connectivity index (χ0v) is 18.5. The number of likely N-dealkylation sites (tertiary alicyclic amines) is 2. The lowest BCUT2D eigenvalue weighted by Crippen LogP contribution is -2.64. The van der Waals surface area contributed by atoms with E-state index in [4.69, 9.17) is 0 Å². The van der Waals surface area contributed by atoms with Gasteiger partial charge in [-0.15, -0.1) is 0 Å². The zero-order valence-electron chi connectivity index (χ0n) is 18.5. The van der Waals surface area contributed by atoms with Crippen molar-refractivity contribution in [1.29, 1.82) is 0 Å². The normalized spacial score (nSPS) is 23.8. The molecule has 1 aromatic rings. The van der Waals surface area contributed by atoms with Gasteiger partial charge in [-0.05, 0) is 58.4 Å². The van der Waals surface area contributed by atoms with Crippen LogP contribution in [-0.2, 0) is 16.6 Å². The summed E-state index contributed by atoms with van der Waals surface area (Å²) in [4.78, 5) is 28.6. The molecule has 1 aromatic heterocycles. The van der Waals surface area contributed by atoms with E-state index in [9.17, 15) is 14.7 Å². The number of carbonyl (C=O) groups is 2. The molecule has 3 heterocycles. The van der Waals surface area contributed by atoms with Crippen LogP contribution in [0.2, 0.25) is 0 Å². The lowest BCUT2D eigenvalue weighted by atomic mass is 9.67. The number of amides is 2. The largest absolute Gasteiger partial charge is 0.391 e. The molecule has 1 spiro atoms. The molecule has 2 aliphatic rings. The summed E-state index contributed by atoms with van der Waals surface area (Å²) in [6.45, 7) is 11.3. The lowest BCUT2D eigenvalue weighted by Gasteiger charge is -2.55. The number of aliphatic hydroxyl groups is 1. The third kappa shape index (κ3) is 3.97. The number of nitrogens with zero attached hydrogens (tertiary/aromatic N) is 4. The summed E-state index contributed by atoms with van der Waals surface area (Å²) < 4.78 is 1.82. The Bertz CT molecular complexity index is 831. The molecule has 2 fully saturated rings. The minimum absolute atomic E-state index is 0.00242. The fraction of sp³-hybridized carbons (Fsp3) is 0.682. The Morgan fingerprint density at radius 1 is 1.21 bits per heavy atom. The van der Waals surface area contributed by atoms with Crippen LogP contribution in [0.15, 0.2) is 6.08 Å². The van der Waals surface area contributed by atoms with E-state index in [1.807, 2.05) is 55.3 Å². The molecule has 0 aliphatic carbocycles. The van der Waals surface area contributed by atoms with Gasteiger partial charge >= 0.3 is 0 Å². The molecule has 160 valence electrons. The first-order valence-electron chi connectivity index (χ1n) is 10.4. The molecule has 1 atom stereocenters. The van der Waals surface area contributed by atoms with Gasteiger partial charge in [0, 0.05) is 50.9 Å². The lowest BCUT2D eigenvalue weighted by molar-refractivity contribution is -0.158. The Labute approximate surface area is 173 Å². The van der Waals surface area contributed by atoms with E-state index in [1.165, 1.54) is 0 Å². The van der Waals surface area contributed by atoms with Crippen LogP contribution in [0.5, 0.6) is 0 Å². The molecule has 2 saturated heterocycles. The molecule has 7 nitrogen and oxygen atoms in total. The molecular formula is C22H34N4O3. The predicted molar refractivity (Wildman–Crippen MR) is 112 cm³/mol. The number of aromatic nitrogens is 2.